The monoisotopic (exact) mass is 118 g/mol. The molecule has 0 radical (unpaired) electrons. The second-order valence-electron chi connectivity index (χ2n) is 2.01. The standard InChI is InChI=1S/C4H14N4/c1-7(2)5-6-8(3)4/h5-6H,1-4H3. The first-order chi connectivity index (χ1) is 3.63. The Hall–Kier alpha value is -0.160. The van der Waals surface area contributed by atoms with Crippen molar-refractivity contribution < 1.29 is 0 Å². The van der Waals surface area contributed by atoms with Crippen LogP contribution in [-0.2, 0) is 0 Å². The lowest BCUT2D eigenvalue weighted by Crippen LogP contribution is -2.48. The summed E-state index contributed by atoms with van der Waals surface area (Å²) >= 11 is 0. The van der Waals surface area contributed by atoms with Gasteiger partial charge in [-0.05, 0) is 0 Å². The third-order valence-electron chi connectivity index (χ3n) is 0.497. The van der Waals surface area contributed by atoms with Gasteiger partial charge in [-0.2, -0.15) is 11.1 Å². The van der Waals surface area contributed by atoms with E-state index in [1.807, 2.05) is 38.2 Å². The summed E-state index contributed by atoms with van der Waals surface area (Å²) in [6.07, 6.45) is 0. The minimum atomic E-state index is 1.82. The molecule has 0 aromatic carbocycles. The van der Waals surface area contributed by atoms with Gasteiger partial charge in [-0.3, -0.25) is 0 Å². The summed E-state index contributed by atoms with van der Waals surface area (Å²) in [5.74, 6) is 0. The van der Waals surface area contributed by atoms with Crippen LogP contribution >= 0.6 is 0 Å². The van der Waals surface area contributed by atoms with Crippen molar-refractivity contribution in [1.82, 2.24) is 21.1 Å². The van der Waals surface area contributed by atoms with Crippen LogP contribution in [0.2, 0.25) is 0 Å². The number of hydrogen-bond donors (Lipinski definition) is 2. The molecule has 0 aromatic heterocycles. The average molecular weight is 118 g/mol. The largest absolute Gasteiger partial charge is 0.236 e. The third-order valence-corrected chi connectivity index (χ3v) is 0.497. The van der Waals surface area contributed by atoms with E-state index < -0.39 is 0 Å². The first kappa shape index (κ1) is 7.84. The zero-order valence-electron chi connectivity index (χ0n) is 5.89. The summed E-state index contributed by atoms with van der Waals surface area (Å²) in [6.45, 7) is 0. The Bertz CT molecular complexity index is 44.0. The Kier molecular flexibility index (Phi) is 3.72. The Labute approximate surface area is 50.4 Å². The molecule has 0 amide bonds. The summed E-state index contributed by atoms with van der Waals surface area (Å²) < 4.78 is 0. The minimum Gasteiger partial charge on any atom is -0.236 e. The van der Waals surface area contributed by atoms with E-state index in [4.69, 9.17) is 0 Å². The molecule has 0 saturated heterocycles. The van der Waals surface area contributed by atoms with Crippen LogP contribution in [-0.4, -0.2) is 38.2 Å². The molecule has 0 atom stereocenters. The first-order valence-electron chi connectivity index (χ1n) is 2.49. The van der Waals surface area contributed by atoms with Crippen molar-refractivity contribution in [3.63, 3.8) is 0 Å². The fraction of sp³-hybridized carbons (Fsp3) is 1.00. The van der Waals surface area contributed by atoms with Gasteiger partial charge < -0.3 is 0 Å². The molecule has 0 aliphatic carbocycles. The van der Waals surface area contributed by atoms with Gasteiger partial charge in [0.15, 0.2) is 0 Å². The Morgan fingerprint density at radius 3 is 1.12 bits per heavy atom. The van der Waals surface area contributed by atoms with Crippen molar-refractivity contribution in [3.05, 3.63) is 0 Å². The second-order valence-corrected chi connectivity index (χ2v) is 2.01. The number of rotatable bonds is 3. The van der Waals surface area contributed by atoms with Crippen molar-refractivity contribution >= 4 is 0 Å². The first-order valence-corrected chi connectivity index (χ1v) is 2.49. The van der Waals surface area contributed by atoms with Crippen LogP contribution in [0.1, 0.15) is 0 Å². The molecule has 2 N–H and O–H groups in total. The second kappa shape index (κ2) is 3.80. The van der Waals surface area contributed by atoms with Crippen molar-refractivity contribution in [1.29, 1.82) is 0 Å². The molecule has 0 aliphatic heterocycles. The maximum Gasteiger partial charge on any atom is 0.00267 e. The molecule has 4 nitrogen and oxygen atoms in total. The number of nitrogens with one attached hydrogen (secondary N) is 2. The van der Waals surface area contributed by atoms with Gasteiger partial charge in [-0.1, -0.05) is 0 Å². The van der Waals surface area contributed by atoms with Crippen LogP contribution in [0.3, 0.4) is 0 Å². The summed E-state index contributed by atoms with van der Waals surface area (Å²) in [6, 6.07) is 0. The SMILES string of the molecule is CN(C)NNN(C)C. The van der Waals surface area contributed by atoms with E-state index in [2.05, 4.69) is 11.1 Å². The van der Waals surface area contributed by atoms with Gasteiger partial charge in [0.05, 0.1) is 0 Å². The quantitative estimate of drug-likeness (QED) is 0.467. The highest BCUT2D eigenvalue weighted by Gasteiger charge is 1.84. The summed E-state index contributed by atoms with van der Waals surface area (Å²) in [5, 5.41) is 3.64. The topological polar surface area (TPSA) is 30.5 Å². The highest BCUT2D eigenvalue weighted by molar-refractivity contribution is 4.20. The molecular formula is C4H14N4. The smallest absolute Gasteiger partial charge is 0.00267 e. The van der Waals surface area contributed by atoms with Gasteiger partial charge in [0.25, 0.3) is 0 Å². The molecule has 50 valence electrons. The molecular weight excluding hydrogens is 104 g/mol. The fourth-order valence-electron chi connectivity index (χ4n) is 0.200. The zero-order chi connectivity index (χ0) is 6.57. The van der Waals surface area contributed by atoms with Gasteiger partial charge in [0.1, 0.15) is 0 Å². The minimum absolute atomic E-state index is 1.82. The Morgan fingerprint density at radius 2 is 1.00 bits per heavy atom. The normalized spacial score (nSPS) is 11.2. The van der Waals surface area contributed by atoms with E-state index in [0.29, 0.717) is 0 Å². The molecule has 0 rings (SSSR count). The Morgan fingerprint density at radius 1 is 0.750 bits per heavy atom. The van der Waals surface area contributed by atoms with Crippen LogP contribution < -0.4 is 11.1 Å². The third kappa shape index (κ3) is 5.84. The van der Waals surface area contributed by atoms with E-state index in [9.17, 15) is 0 Å². The lowest BCUT2D eigenvalue weighted by atomic mass is 11.1. The van der Waals surface area contributed by atoms with Crippen molar-refractivity contribution in [2.45, 2.75) is 0 Å². The van der Waals surface area contributed by atoms with Crippen molar-refractivity contribution in [3.8, 4) is 0 Å². The van der Waals surface area contributed by atoms with Gasteiger partial charge in [-0.25, -0.2) is 10.0 Å². The number of nitrogens with zero attached hydrogens (tertiary/aromatic N) is 2. The van der Waals surface area contributed by atoms with Gasteiger partial charge in [0, 0.05) is 28.2 Å². The van der Waals surface area contributed by atoms with Gasteiger partial charge in [-0.15, -0.1) is 0 Å². The van der Waals surface area contributed by atoms with Crippen molar-refractivity contribution in [2.75, 3.05) is 28.2 Å². The van der Waals surface area contributed by atoms with Crippen LogP contribution in [0.5, 0.6) is 0 Å². The van der Waals surface area contributed by atoms with E-state index in [1.54, 1.807) is 0 Å². The molecule has 0 heterocycles. The molecule has 0 spiro atoms. The molecule has 8 heavy (non-hydrogen) atoms. The lowest BCUT2D eigenvalue weighted by Gasteiger charge is -2.17. The van der Waals surface area contributed by atoms with Gasteiger partial charge in [0.2, 0.25) is 0 Å². The highest BCUT2D eigenvalue weighted by Crippen LogP contribution is 1.58. The number of hydrogen-bond acceptors (Lipinski definition) is 4. The van der Waals surface area contributed by atoms with Crippen LogP contribution in [0.15, 0.2) is 0 Å². The lowest BCUT2D eigenvalue weighted by molar-refractivity contribution is 0.125. The average Bonchev–Trinajstić information content (AvgIpc) is 1.61. The zero-order valence-corrected chi connectivity index (χ0v) is 5.89. The van der Waals surface area contributed by atoms with Gasteiger partial charge >= 0.3 is 0 Å². The summed E-state index contributed by atoms with van der Waals surface area (Å²) in [4.78, 5) is 0. The molecule has 0 saturated carbocycles. The highest BCUT2D eigenvalue weighted by atomic mass is 15.8. The molecule has 0 bridgehead atoms. The molecule has 0 aliphatic rings. The maximum absolute atomic E-state index is 2.85. The predicted octanol–water partition coefficient (Wildman–Crippen LogP) is -0.966. The van der Waals surface area contributed by atoms with E-state index in [1.165, 1.54) is 0 Å². The van der Waals surface area contributed by atoms with Crippen LogP contribution in [0.25, 0.3) is 0 Å². The molecule has 0 aromatic rings. The van der Waals surface area contributed by atoms with Crippen molar-refractivity contribution in [2.24, 2.45) is 0 Å². The molecule has 4 heteroatoms. The Balaban J connectivity index is 2.93. The molecule has 0 unspecified atom stereocenters. The fourth-order valence-corrected chi connectivity index (χ4v) is 0.200. The van der Waals surface area contributed by atoms with E-state index in [0.717, 1.165) is 0 Å². The molecule has 0 fully saturated rings. The van der Waals surface area contributed by atoms with E-state index >= 15 is 0 Å². The van der Waals surface area contributed by atoms with Crippen LogP contribution in [0.4, 0.5) is 0 Å². The summed E-state index contributed by atoms with van der Waals surface area (Å²) in [5.41, 5.74) is 5.71. The predicted molar refractivity (Wildman–Crippen MR) is 33.6 cm³/mol. The number of hydrazine groups is 3. The van der Waals surface area contributed by atoms with Crippen LogP contribution in [0, 0.1) is 0 Å². The maximum atomic E-state index is 2.85. The summed E-state index contributed by atoms with van der Waals surface area (Å²) in [7, 11) is 7.65. The van der Waals surface area contributed by atoms with E-state index in [-0.39, 0.29) is 0 Å².